The lowest BCUT2D eigenvalue weighted by atomic mass is 9.91. The first-order valence-corrected chi connectivity index (χ1v) is 24.1. The van der Waals surface area contributed by atoms with Gasteiger partial charge in [0.2, 0.25) is 0 Å². The largest absolute Gasteiger partial charge is 0.310 e. The molecule has 322 valence electrons. The first-order valence-electron chi connectivity index (χ1n) is 23.2. The van der Waals surface area contributed by atoms with Crippen molar-refractivity contribution in [2.75, 3.05) is 9.80 Å². The van der Waals surface area contributed by atoms with Crippen LogP contribution in [0.5, 0.6) is 0 Å². The van der Waals surface area contributed by atoms with Gasteiger partial charge >= 0.3 is 0 Å². The van der Waals surface area contributed by atoms with Crippen LogP contribution in [-0.4, -0.2) is 0 Å². The molecule has 0 bridgehead atoms. The normalized spacial score (nSPS) is 11.3. The number of nitrogens with zero attached hydrogens (tertiary/aromatic N) is 2. The van der Waals surface area contributed by atoms with Gasteiger partial charge in [-0.15, -0.1) is 11.3 Å². The SMILES string of the molecule is Cc1cccc(N(c2ccc(-c3sc(-c4ccc(N(c5cccc6ccccc56)c5cccc6ccccc56)cc4)c(-c4ccccc4)c3-c3ccccc3)cc2)c2cccc3ccccc23)c1. The third-order valence-corrected chi connectivity index (χ3v) is 14.4. The standard InChI is InChI=1S/C65H46N2S/c1-45-18-14-29-55(44-45)66(59-33-15-26-46-19-8-11-30-56(46)59)53-40-36-51(37-41-53)64-62(49-22-4-2-5-23-49)63(50-24-6-3-7-25-50)65(68-64)52-38-42-54(43-39-52)67(60-34-16-27-47-20-9-12-31-57(47)60)61-35-17-28-48-21-10-13-32-58(48)61/h2-44H,1H3. The van der Waals surface area contributed by atoms with Crippen molar-refractivity contribution in [3.63, 3.8) is 0 Å². The van der Waals surface area contributed by atoms with E-state index in [2.05, 4.69) is 278 Å². The summed E-state index contributed by atoms with van der Waals surface area (Å²) in [5.41, 5.74) is 15.2. The van der Waals surface area contributed by atoms with Gasteiger partial charge in [-0.05, 0) is 105 Å². The predicted molar refractivity (Wildman–Crippen MR) is 293 cm³/mol. The molecule has 0 radical (unpaired) electrons. The Labute approximate surface area is 401 Å². The van der Waals surface area contributed by atoms with Crippen LogP contribution in [0.4, 0.5) is 34.1 Å². The van der Waals surface area contributed by atoms with Crippen molar-refractivity contribution in [2.45, 2.75) is 6.92 Å². The fourth-order valence-corrected chi connectivity index (χ4v) is 11.3. The molecule has 0 fully saturated rings. The van der Waals surface area contributed by atoms with E-state index in [-0.39, 0.29) is 0 Å². The van der Waals surface area contributed by atoms with Crippen LogP contribution in [0.2, 0.25) is 0 Å². The molecule has 0 saturated heterocycles. The maximum atomic E-state index is 2.43. The molecule has 2 nitrogen and oxygen atoms in total. The summed E-state index contributed by atoms with van der Waals surface area (Å²) in [6.45, 7) is 2.16. The van der Waals surface area contributed by atoms with E-state index in [0.29, 0.717) is 0 Å². The van der Waals surface area contributed by atoms with E-state index in [9.17, 15) is 0 Å². The summed E-state index contributed by atoms with van der Waals surface area (Å²) in [6.07, 6.45) is 0. The Morgan fingerprint density at radius 2 is 0.647 bits per heavy atom. The van der Waals surface area contributed by atoms with Gasteiger partial charge in [-0.25, -0.2) is 0 Å². The van der Waals surface area contributed by atoms with E-state index in [1.54, 1.807) is 0 Å². The number of hydrogen-bond donors (Lipinski definition) is 0. The summed E-state index contributed by atoms with van der Waals surface area (Å²) in [4.78, 5) is 7.30. The first kappa shape index (κ1) is 41.0. The van der Waals surface area contributed by atoms with Crippen LogP contribution in [0.15, 0.2) is 261 Å². The highest BCUT2D eigenvalue weighted by Gasteiger charge is 2.25. The number of aryl methyl sites for hydroxylation is 1. The third-order valence-electron chi connectivity index (χ3n) is 13.1. The molecule has 1 heterocycles. The smallest absolute Gasteiger partial charge is 0.0540 e. The molecule has 0 N–H and O–H groups in total. The van der Waals surface area contributed by atoms with Gasteiger partial charge in [-0.2, -0.15) is 0 Å². The molecule has 0 aliphatic heterocycles. The molecule has 0 aliphatic carbocycles. The summed E-state index contributed by atoms with van der Waals surface area (Å²) < 4.78 is 0. The summed E-state index contributed by atoms with van der Waals surface area (Å²) in [5, 5.41) is 7.27. The monoisotopic (exact) mass is 886 g/mol. The fourth-order valence-electron chi connectivity index (χ4n) is 9.93. The zero-order chi connectivity index (χ0) is 45.4. The summed E-state index contributed by atoms with van der Waals surface area (Å²) >= 11 is 1.88. The molecule has 0 atom stereocenters. The Hall–Kier alpha value is -8.50. The molecule has 12 rings (SSSR count). The van der Waals surface area contributed by atoms with Gasteiger partial charge in [-0.1, -0.05) is 206 Å². The van der Waals surface area contributed by atoms with E-state index in [1.165, 1.54) is 81.0 Å². The quantitative estimate of drug-likeness (QED) is 0.135. The second kappa shape index (κ2) is 17.7. The van der Waals surface area contributed by atoms with Gasteiger partial charge in [-0.3, -0.25) is 0 Å². The van der Waals surface area contributed by atoms with Crippen LogP contribution in [0.25, 0.3) is 75.5 Å². The Morgan fingerprint density at radius 3 is 1.09 bits per heavy atom. The van der Waals surface area contributed by atoms with Crippen LogP contribution in [0, 0.1) is 6.92 Å². The van der Waals surface area contributed by atoms with Crippen LogP contribution >= 0.6 is 11.3 Å². The van der Waals surface area contributed by atoms with Crippen molar-refractivity contribution < 1.29 is 0 Å². The predicted octanol–water partition coefficient (Wildman–Crippen LogP) is 19.1. The lowest BCUT2D eigenvalue weighted by molar-refractivity contribution is 1.28. The van der Waals surface area contributed by atoms with Crippen molar-refractivity contribution in [1.82, 2.24) is 0 Å². The summed E-state index contributed by atoms with van der Waals surface area (Å²) in [6, 6.07) is 95.0. The molecule has 11 aromatic carbocycles. The summed E-state index contributed by atoms with van der Waals surface area (Å²) in [7, 11) is 0. The number of thiophene rings is 1. The molecule has 12 aromatic rings. The number of hydrogen-bond acceptors (Lipinski definition) is 3. The maximum Gasteiger partial charge on any atom is 0.0540 e. The molecule has 0 amide bonds. The van der Waals surface area contributed by atoms with Crippen LogP contribution < -0.4 is 9.80 Å². The number of rotatable bonds is 10. The maximum absolute atomic E-state index is 2.43. The van der Waals surface area contributed by atoms with Crippen molar-refractivity contribution in [2.24, 2.45) is 0 Å². The molecule has 3 heteroatoms. The third kappa shape index (κ3) is 7.49. The molecule has 1 aromatic heterocycles. The van der Waals surface area contributed by atoms with Crippen LogP contribution in [-0.2, 0) is 0 Å². The second-order valence-corrected chi connectivity index (χ2v) is 18.4. The van der Waals surface area contributed by atoms with Gasteiger partial charge < -0.3 is 9.80 Å². The average molecular weight is 887 g/mol. The van der Waals surface area contributed by atoms with Gasteiger partial charge in [0, 0.05) is 54.1 Å². The van der Waals surface area contributed by atoms with Gasteiger partial charge in [0.25, 0.3) is 0 Å². The minimum atomic E-state index is 1.10. The number of anilines is 6. The second-order valence-electron chi connectivity index (χ2n) is 17.3. The number of benzene rings is 11. The number of fused-ring (bicyclic) bond motifs is 3. The van der Waals surface area contributed by atoms with E-state index in [1.807, 2.05) is 11.3 Å². The Bertz CT molecular complexity index is 3650. The average Bonchev–Trinajstić information content (AvgIpc) is 3.81. The van der Waals surface area contributed by atoms with Crippen molar-refractivity contribution in [3.8, 4) is 43.1 Å². The van der Waals surface area contributed by atoms with Gasteiger partial charge in [0.1, 0.15) is 0 Å². The fraction of sp³-hybridized carbons (Fsp3) is 0.0154. The van der Waals surface area contributed by atoms with E-state index >= 15 is 0 Å². The van der Waals surface area contributed by atoms with E-state index < -0.39 is 0 Å². The highest BCUT2D eigenvalue weighted by molar-refractivity contribution is 7.20. The molecule has 0 spiro atoms. The summed E-state index contributed by atoms with van der Waals surface area (Å²) in [5.74, 6) is 0. The van der Waals surface area contributed by atoms with Crippen molar-refractivity contribution in [3.05, 3.63) is 266 Å². The molecule has 0 saturated carbocycles. The van der Waals surface area contributed by atoms with Crippen LogP contribution in [0.1, 0.15) is 5.56 Å². The van der Waals surface area contributed by atoms with Gasteiger partial charge in [0.15, 0.2) is 0 Å². The molecular formula is C65H46N2S. The highest BCUT2D eigenvalue weighted by atomic mass is 32.1. The molecule has 0 unspecified atom stereocenters. The van der Waals surface area contributed by atoms with Crippen LogP contribution in [0.3, 0.4) is 0 Å². The van der Waals surface area contributed by atoms with E-state index in [4.69, 9.17) is 0 Å². The molecule has 0 aliphatic rings. The van der Waals surface area contributed by atoms with Crippen molar-refractivity contribution >= 4 is 77.8 Å². The zero-order valence-corrected chi connectivity index (χ0v) is 38.4. The Morgan fingerprint density at radius 1 is 0.279 bits per heavy atom. The molecular weight excluding hydrogens is 841 g/mol. The van der Waals surface area contributed by atoms with Crippen molar-refractivity contribution in [1.29, 1.82) is 0 Å². The highest BCUT2D eigenvalue weighted by Crippen LogP contribution is 2.53. The lowest BCUT2D eigenvalue weighted by Gasteiger charge is -2.28. The molecule has 68 heavy (non-hydrogen) atoms. The van der Waals surface area contributed by atoms with Gasteiger partial charge in [0.05, 0.1) is 17.1 Å². The minimum absolute atomic E-state index is 1.10. The first-order chi connectivity index (χ1) is 33.7. The Kier molecular flexibility index (Phi) is 10.7. The Balaban J connectivity index is 1.02. The minimum Gasteiger partial charge on any atom is -0.310 e. The van der Waals surface area contributed by atoms with E-state index in [0.717, 1.165) is 34.1 Å². The topological polar surface area (TPSA) is 6.48 Å². The lowest BCUT2D eigenvalue weighted by Crippen LogP contribution is -2.11. The zero-order valence-electron chi connectivity index (χ0n) is 37.6.